The summed E-state index contributed by atoms with van der Waals surface area (Å²) >= 11 is 12.0. The van der Waals surface area contributed by atoms with E-state index in [9.17, 15) is 4.79 Å². The zero-order chi connectivity index (χ0) is 22.0. The van der Waals surface area contributed by atoms with Crippen LogP contribution in [0.1, 0.15) is 19.4 Å². The van der Waals surface area contributed by atoms with E-state index in [1.807, 2.05) is 18.2 Å². The highest BCUT2D eigenvalue weighted by Gasteiger charge is 2.17. The summed E-state index contributed by atoms with van der Waals surface area (Å²) in [7, 11) is 0. The van der Waals surface area contributed by atoms with Gasteiger partial charge in [0, 0.05) is 10.7 Å². The first-order valence-corrected chi connectivity index (χ1v) is 10.6. The summed E-state index contributed by atoms with van der Waals surface area (Å²) in [5.74, 6) is 0.0779. The molecule has 4 rings (SSSR count). The maximum absolute atomic E-state index is 12.6. The predicted octanol–water partition coefficient (Wildman–Crippen LogP) is 5.70. The number of carbonyl (C=O) groups is 1. The number of hydrogen-bond acceptors (Lipinski definition) is 4. The maximum Gasteiger partial charge on any atom is 0.265 e. The van der Waals surface area contributed by atoms with Crippen LogP contribution in [-0.4, -0.2) is 27.0 Å². The van der Waals surface area contributed by atoms with Crippen molar-refractivity contribution in [2.24, 2.45) is 0 Å². The van der Waals surface area contributed by atoms with Crippen molar-refractivity contribution in [1.82, 2.24) is 15.0 Å². The fourth-order valence-electron chi connectivity index (χ4n) is 3.03. The number of amides is 1. The molecule has 1 unspecified atom stereocenters. The van der Waals surface area contributed by atoms with Crippen LogP contribution in [0, 0.1) is 0 Å². The molecule has 1 N–H and O–H groups in total. The lowest BCUT2D eigenvalue weighted by molar-refractivity contribution is -0.122. The van der Waals surface area contributed by atoms with E-state index in [-0.39, 0.29) is 5.91 Å². The molecule has 3 aromatic carbocycles. The van der Waals surface area contributed by atoms with Gasteiger partial charge in [-0.2, -0.15) is 4.80 Å². The number of hydrogen-bond donors (Lipinski definition) is 1. The van der Waals surface area contributed by atoms with Crippen molar-refractivity contribution < 1.29 is 9.53 Å². The third kappa shape index (κ3) is 4.81. The third-order valence-corrected chi connectivity index (χ3v) is 5.32. The lowest BCUT2D eigenvalue weighted by Gasteiger charge is -2.15. The number of benzene rings is 3. The molecule has 4 aromatic rings. The first-order chi connectivity index (χ1) is 14.9. The Morgan fingerprint density at radius 1 is 1.03 bits per heavy atom. The van der Waals surface area contributed by atoms with Crippen molar-refractivity contribution in [1.29, 1.82) is 0 Å². The van der Waals surface area contributed by atoms with Crippen LogP contribution in [0.15, 0.2) is 60.7 Å². The number of anilines is 1. The SMILES string of the molecule is CCc1ccc(-n2nc3ccc(NC(=O)C(C)Oc4ccc(Cl)cc4Cl)cc3n2)cc1. The molecule has 1 atom stereocenters. The van der Waals surface area contributed by atoms with Crippen LogP contribution < -0.4 is 10.1 Å². The van der Waals surface area contributed by atoms with Gasteiger partial charge in [-0.3, -0.25) is 4.79 Å². The standard InChI is InChI=1S/C23H20Cl2N4O2/c1-3-15-4-8-18(9-5-15)29-27-20-10-7-17(13-21(20)28-29)26-23(30)14(2)31-22-11-6-16(24)12-19(22)25/h4-14H,3H2,1-2H3,(H,26,30). The number of aryl methyl sites for hydroxylation is 1. The summed E-state index contributed by atoms with van der Waals surface area (Å²) in [6.45, 7) is 3.76. The minimum absolute atomic E-state index is 0.312. The van der Waals surface area contributed by atoms with E-state index in [1.54, 1.807) is 42.1 Å². The number of nitrogens with zero attached hydrogens (tertiary/aromatic N) is 3. The minimum Gasteiger partial charge on any atom is -0.479 e. The van der Waals surface area contributed by atoms with Crippen LogP contribution in [0.2, 0.25) is 10.0 Å². The molecule has 0 aliphatic carbocycles. The molecular formula is C23H20Cl2N4O2. The van der Waals surface area contributed by atoms with E-state index in [4.69, 9.17) is 27.9 Å². The smallest absolute Gasteiger partial charge is 0.265 e. The van der Waals surface area contributed by atoms with Crippen molar-refractivity contribution in [3.8, 4) is 11.4 Å². The average molecular weight is 455 g/mol. The third-order valence-electron chi connectivity index (χ3n) is 4.79. The van der Waals surface area contributed by atoms with Crippen LogP contribution in [-0.2, 0) is 11.2 Å². The lowest BCUT2D eigenvalue weighted by Crippen LogP contribution is -2.30. The normalized spacial score (nSPS) is 12.0. The lowest BCUT2D eigenvalue weighted by atomic mass is 10.2. The molecule has 158 valence electrons. The predicted molar refractivity (Wildman–Crippen MR) is 123 cm³/mol. The summed E-state index contributed by atoms with van der Waals surface area (Å²) in [4.78, 5) is 14.2. The Hall–Kier alpha value is -3.09. The summed E-state index contributed by atoms with van der Waals surface area (Å²) in [6.07, 6.45) is 0.214. The van der Waals surface area contributed by atoms with Crippen LogP contribution in [0.3, 0.4) is 0 Å². The fourth-order valence-corrected chi connectivity index (χ4v) is 3.48. The van der Waals surface area contributed by atoms with Crippen molar-refractivity contribution in [2.75, 3.05) is 5.32 Å². The number of halogens is 2. The number of carbonyl (C=O) groups excluding carboxylic acids is 1. The molecule has 1 heterocycles. The Balaban J connectivity index is 1.48. The van der Waals surface area contributed by atoms with Gasteiger partial charge in [0.2, 0.25) is 0 Å². The van der Waals surface area contributed by atoms with E-state index in [1.165, 1.54) is 5.56 Å². The second kappa shape index (κ2) is 8.96. The molecule has 1 amide bonds. The Kier molecular flexibility index (Phi) is 6.11. The number of fused-ring (bicyclic) bond motifs is 1. The Labute approximate surface area is 189 Å². The first kappa shape index (κ1) is 21.2. The molecule has 0 aliphatic heterocycles. The largest absolute Gasteiger partial charge is 0.479 e. The van der Waals surface area contributed by atoms with Crippen molar-refractivity contribution in [3.63, 3.8) is 0 Å². The Bertz CT molecular complexity index is 1240. The molecular weight excluding hydrogens is 435 g/mol. The highest BCUT2D eigenvalue weighted by molar-refractivity contribution is 6.35. The van der Waals surface area contributed by atoms with Crippen molar-refractivity contribution in [2.45, 2.75) is 26.4 Å². The van der Waals surface area contributed by atoms with Crippen LogP contribution >= 0.6 is 23.2 Å². The molecule has 0 spiro atoms. The van der Waals surface area contributed by atoms with Gasteiger partial charge >= 0.3 is 0 Å². The molecule has 0 radical (unpaired) electrons. The Morgan fingerprint density at radius 2 is 1.77 bits per heavy atom. The van der Waals surface area contributed by atoms with Crippen LogP contribution in [0.5, 0.6) is 5.75 Å². The van der Waals surface area contributed by atoms with Gasteiger partial charge in [-0.15, -0.1) is 10.2 Å². The van der Waals surface area contributed by atoms with E-state index in [2.05, 4.69) is 34.6 Å². The second-order valence-electron chi connectivity index (χ2n) is 7.04. The van der Waals surface area contributed by atoms with E-state index in [0.29, 0.717) is 27.0 Å². The van der Waals surface area contributed by atoms with Gasteiger partial charge in [-0.1, -0.05) is 42.3 Å². The minimum atomic E-state index is -0.762. The maximum atomic E-state index is 12.6. The molecule has 1 aromatic heterocycles. The van der Waals surface area contributed by atoms with Crippen LogP contribution in [0.25, 0.3) is 16.7 Å². The molecule has 6 nitrogen and oxygen atoms in total. The van der Waals surface area contributed by atoms with Gasteiger partial charge in [-0.25, -0.2) is 0 Å². The molecule has 0 saturated heterocycles. The van der Waals surface area contributed by atoms with E-state index < -0.39 is 6.10 Å². The summed E-state index contributed by atoms with van der Waals surface area (Å²) in [5.41, 5.74) is 4.13. The van der Waals surface area contributed by atoms with Crippen molar-refractivity contribution >= 4 is 45.8 Å². The number of nitrogens with one attached hydrogen (secondary N) is 1. The summed E-state index contributed by atoms with van der Waals surface area (Å²) in [5, 5.41) is 12.7. The van der Waals surface area contributed by atoms with Gasteiger partial charge in [-0.05, 0) is 67.4 Å². The van der Waals surface area contributed by atoms with Gasteiger partial charge in [0.05, 0.1) is 10.7 Å². The number of aromatic nitrogens is 3. The van der Waals surface area contributed by atoms with Gasteiger partial charge in [0.1, 0.15) is 16.8 Å². The first-order valence-electron chi connectivity index (χ1n) is 9.82. The zero-order valence-corrected chi connectivity index (χ0v) is 18.5. The van der Waals surface area contributed by atoms with Gasteiger partial charge < -0.3 is 10.1 Å². The van der Waals surface area contributed by atoms with Gasteiger partial charge in [0.15, 0.2) is 6.10 Å². The number of ether oxygens (including phenoxy) is 1. The summed E-state index contributed by atoms with van der Waals surface area (Å²) < 4.78 is 5.67. The van der Waals surface area contributed by atoms with E-state index >= 15 is 0 Å². The molecule has 31 heavy (non-hydrogen) atoms. The number of rotatable bonds is 6. The topological polar surface area (TPSA) is 69.0 Å². The average Bonchev–Trinajstić information content (AvgIpc) is 3.19. The highest BCUT2D eigenvalue weighted by atomic mass is 35.5. The molecule has 0 fully saturated rings. The molecule has 0 saturated carbocycles. The quantitative estimate of drug-likeness (QED) is 0.405. The molecule has 0 bridgehead atoms. The zero-order valence-electron chi connectivity index (χ0n) is 17.0. The fraction of sp³-hybridized carbons (Fsp3) is 0.174. The Morgan fingerprint density at radius 3 is 2.48 bits per heavy atom. The van der Waals surface area contributed by atoms with Crippen LogP contribution in [0.4, 0.5) is 5.69 Å². The second-order valence-corrected chi connectivity index (χ2v) is 7.88. The monoisotopic (exact) mass is 454 g/mol. The van der Waals surface area contributed by atoms with Crippen molar-refractivity contribution in [3.05, 3.63) is 76.3 Å². The summed E-state index contributed by atoms with van der Waals surface area (Å²) in [6, 6.07) is 18.3. The molecule has 0 aliphatic rings. The van der Waals surface area contributed by atoms with Gasteiger partial charge in [0.25, 0.3) is 5.91 Å². The molecule has 8 heteroatoms. The highest BCUT2D eigenvalue weighted by Crippen LogP contribution is 2.28. The van der Waals surface area contributed by atoms with E-state index in [0.717, 1.165) is 17.6 Å².